The van der Waals surface area contributed by atoms with Crippen LogP contribution in [0, 0.1) is 0 Å². The van der Waals surface area contributed by atoms with E-state index in [0.717, 1.165) is 6.54 Å². The number of allylic oxidation sites excluding steroid dienone is 3. The first-order valence-electron chi connectivity index (χ1n) is 4.43. The Hall–Kier alpha value is -0.240. The van der Waals surface area contributed by atoms with E-state index in [1.807, 2.05) is 0 Å². The quantitative estimate of drug-likeness (QED) is 0.722. The molecule has 1 aliphatic heterocycles. The SMILES string of the molecule is Br.CCCCN1CC=CC=C1C. The molecule has 0 radical (unpaired) electrons. The van der Waals surface area contributed by atoms with E-state index in [4.69, 9.17) is 0 Å². The average Bonchev–Trinajstić information content (AvgIpc) is 2.03. The van der Waals surface area contributed by atoms with E-state index in [9.17, 15) is 0 Å². The molecule has 0 amide bonds. The molecule has 0 unspecified atom stereocenters. The van der Waals surface area contributed by atoms with Gasteiger partial charge in [-0.2, -0.15) is 0 Å². The van der Waals surface area contributed by atoms with Gasteiger partial charge in [0.2, 0.25) is 0 Å². The first-order chi connectivity index (χ1) is 5.34. The summed E-state index contributed by atoms with van der Waals surface area (Å²) in [5.74, 6) is 0. The molecule has 1 rings (SSSR count). The van der Waals surface area contributed by atoms with Crippen LogP contribution in [0.2, 0.25) is 0 Å². The van der Waals surface area contributed by atoms with E-state index in [1.54, 1.807) is 0 Å². The van der Waals surface area contributed by atoms with E-state index in [0.29, 0.717) is 0 Å². The summed E-state index contributed by atoms with van der Waals surface area (Å²) in [7, 11) is 0. The molecule has 0 N–H and O–H groups in total. The molecule has 0 aromatic heterocycles. The molecule has 0 spiro atoms. The molecule has 0 aromatic rings. The lowest BCUT2D eigenvalue weighted by molar-refractivity contribution is 0.368. The van der Waals surface area contributed by atoms with Gasteiger partial charge >= 0.3 is 0 Å². The van der Waals surface area contributed by atoms with Gasteiger partial charge in [0, 0.05) is 18.8 Å². The zero-order valence-corrected chi connectivity index (χ0v) is 9.63. The van der Waals surface area contributed by atoms with E-state index in [2.05, 4.69) is 37.0 Å². The van der Waals surface area contributed by atoms with Crippen molar-refractivity contribution in [2.24, 2.45) is 0 Å². The Morgan fingerprint density at radius 2 is 2.25 bits per heavy atom. The van der Waals surface area contributed by atoms with Crippen molar-refractivity contribution < 1.29 is 0 Å². The predicted molar refractivity (Wildman–Crippen MR) is 59.7 cm³/mol. The van der Waals surface area contributed by atoms with Crippen LogP contribution in [0.15, 0.2) is 23.9 Å². The van der Waals surface area contributed by atoms with Crippen molar-refractivity contribution in [3.05, 3.63) is 23.9 Å². The minimum absolute atomic E-state index is 0. The van der Waals surface area contributed by atoms with Crippen LogP contribution in [-0.2, 0) is 0 Å². The lowest BCUT2D eigenvalue weighted by Crippen LogP contribution is -2.24. The van der Waals surface area contributed by atoms with Crippen LogP contribution in [0.5, 0.6) is 0 Å². The number of halogens is 1. The Morgan fingerprint density at radius 3 is 2.83 bits per heavy atom. The van der Waals surface area contributed by atoms with Gasteiger partial charge in [-0.05, 0) is 19.4 Å². The molecule has 0 aromatic carbocycles. The minimum atomic E-state index is 0. The van der Waals surface area contributed by atoms with Gasteiger partial charge in [0.1, 0.15) is 0 Å². The van der Waals surface area contributed by atoms with Crippen LogP contribution < -0.4 is 0 Å². The zero-order valence-electron chi connectivity index (χ0n) is 7.92. The van der Waals surface area contributed by atoms with Crippen molar-refractivity contribution in [3.8, 4) is 0 Å². The van der Waals surface area contributed by atoms with Crippen LogP contribution in [0.1, 0.15) is 26.7 Å². The number of rotatable bonds is 3. The Kier molecular flexibility index (Phi) is 6.17. The second-order valence-electron chi connectivity index (χ2n) is 3.04. The first-order valence-corrected chi connectivity index (χ1v) is 4.43. The number of hydrogen-bond acceptors (Lipinski definition) is 1. The topological polar surface area (TPSA) is 3.24 Å². The summed E-state index contributed by atoms with van der Waals surface area (Å²) in [6.45, 7) is 6.73. The Balaban J connectivity index is 0.00000121. The molecule has 0 aliphatic carbocycles. The lowest BCUT2D eigenvalue weighted by atomic mass is 10.2. The zero-order chi connectivity index (χ0) is 8.10. The molecule has 0 atom stereocenters. The normalized spacial score (nSPS) is 15.5. The molecule has 70 valence electrons. The van der Waals surface area contributed by atoms with Gasteiger partial charge in [-0.3, -0.25) is 0 Å². The van der Waals surface area contributed by atoms with Crippen LogP contribution in [0.3, 0.4) is 0 Å². The van der Waals surface area contributed by atoms with Crippen molar-refractivity contribution >= 4 is 17.0 Å². The summed E-state index contributed by atoms with van der Waals surface area (Å²) in [6.07, 6.45) is 9.12. The summed E-state index contributed by atoms with van der Waals surface area (Å²) < 4.78 is 0. The fourth-order valence-electron chi connectivity index (χ4n) is 1.26. The summed E-state index contributed by atoms with van der Waals surface area (Å²) >= 11 is 0. The molecule has 0 fully saturated rings. The number of nitrogens with zero attached hydrogens (tertiary/aromatic N) is 1. The van der Waals surface area contributed by atoms with Gasteiger partial charge in [0.05, 0.1) is 0 Å². The van der Waals surface area contributed by atoms with Crippen molar-refractivity contribution in [1.82, 2.24) is 4.90 Å². The molecule has 1 nitrogen and oxygen atoms in total. The highest BCUT2D eigenvalue weighted by Crippen LogP contribution is 2.09. The van der Waals surface area contributed by atoms with Gasteiger partial charge < -0.3 is 4.90 Å². The van der Waals surface area contributed by atoms with Gasteiger partial charge in [0.25, 0.3) is 0 Å². The van der Waals surface area contributed by atoms with E-state index in [-0.39, 0.29) is 17.0 Å². The van der Waals surface area contributed by atoms with E-state index in [1.165, 1.54) is 25.1 Å². The molecular weight excluding hydrogens is 214 g/mol. The highest BCUT2D eigenvalue weighted by atomic mass is 79.9. The third kappa shape index (κ3) is 3.44. The molecule has 0 saturated heterocycles. The second kappa shape index (κ2) is 6.30. The van der Waals surface area contributed by atoms with Crippen LogP contribution >= 0.6 is 17.0 Å². The smallest absolute Gasteiger partial charge is 0.0359 e. The van der Waals surface area contributed by atoms with Gasteiger partial charge in [-0.15, -0.1) is 17.0 Å². The average molecular weight is 232 g/mol. The number of hydrogen-bond donors (Lipinski definition) is 0. The third-order valence-electron chi connectivity index (χ3n) is 2.08. The van der Waals surface area contributed by atoms with Crippen molar-refractivity contribution in [2.75, 3.05) is 13.1 Å². The van der Waals surface area contributed by atoms with Crippen molar-refractivity contribution in [1.29, 1.82) is 0 Å². The van der Waals surface area contributed by atoms with Gasteiger partial charge in [0.15, 0.2) is 0 Å². The Labute approximate surface area is 85.9 Å². The maximum absolute atomic E-state index is 2.42. The summed E-state index contributed by atoms with van der Waals surface area (Å²) in [5.41, 5.74) is 1.40. The van der Waals surface area contributed by atoms with Crippen LogP contribution in [0.4, 0.5) is 0 Å². The molecular formula is C10H18BrN. The monoisotopic (exact) mass is 231 g/mol. The fraction of sp³-hybridized carbons (Fsp3) is 0.600. The van der Waals surface area contributed by atoms with Crippen molar-refractivity contribution in [2.45, 2.75) is 26.7 Å². The fourth-order valence-corrected chi connectivity index (χ4v) is 1.26. The summed E-state index contributed by atoms with van der Waals surface area (Å²) in [6, 6.07) is 0. The highest BCUT2D eigenvalue weighted by Gasteiger charge is 2.03. The second-order valence-corrected chi connectivity index (χ2v) is 3.04. The summed E-state index contributed by atoms with van der Waals surface area (Å²) in [5, 5.41) is 0. The molecule has 12 heavy (non-hydrogen) atoms. The van der Waals surface area contributed by atoms with Gasteiger partial charge in [-0.1, -0.05) is 25.5 Å². The summed E-state index contributed by atoms with van der Waals surface area (Å²) in [4.78, 5) is 2.42. The molecule has 0 bridgehead atoms. The number of unbranched alkanes of at least 4 members (excludes halogenated alkanes) is 1. The highest BCUT2D eigenvalue weighted by molar-refractivity contribution is 8.93. The minimum Gasteiger partial charge on any atom is -0.371 e. The van der Waals surface area contributed by atoms with E-state index >= 15 is 0 Å². The first kappa shape index (κ1) is 11.8. The standard InChI is InChI=1S/C10H17N.BrH/c1-3-4-8-11-9-6-5-7-10(11)2;/h5-7H,3-4,8-9H2,1-2H3;1H. The third-order valence-corrected chi connectivity index (χ3v) is 2.08. The Bertz CT molecular complexity index is 173. The molecule has 1 aliphatic rings. The van der Waals surface area contributed by atoms with Crippen molar-refractivity contribution in [3.63, 3.8) is 0 Å². The van der Waals surface area contributed by atoms with E-state index < -0.39 is 0 Å². The maximum atomic E-state index is 2.42. The molecule has 1 heterocycles. The largest absolute Gasteiger partial charge is 0.371 e. The van der Waals surface area contributed by atoms with Crippen LogP contribution in [-0.4, -0.2) is 18.0 Å². The van der Waals surface area contributed by atoms with Gasteiger partial charge in [-0.25, -0.2) is 0 Å². The lowest BCUT2D eigenvalue weighted by Gasteiger charge is -2.25. The van der Waals surface area contributed by atoms with Crippen LogP contribution in [0.25, 0.3) is 0 Å². The predicted octanol–water partition coefficient (Wildman–Crippen LogP) is 3.14. The molecule has 2 heteroatoms. The molecule has 0 saturated carbocycles. The maximum Gasteiger partial charge on any atom is 0.0359 e. The Morgan fingerprint density at radius 1 is 1.50 bits per heavy atom.